The van der Waals surface area contributed by atoms with Crippen molar-refractivity contribution in [1.29, 1.82) is 0 Å². The van der Waals surface area contributed by atoms with Gasteiger partial charge in [-0.3, -0.25) is 9.59 Å². The molecule has 140 valence electrons. The van der Waals surface area contributed by atoms with Crippen molar-refractivity contribution in [1.82, 2.24) is 10.6 Å². The average molecular weight is 348 g/mol. The molecule has 2 atom stereocenters. The van der Waals surface area contributed by atoms with Crippen LogP contribution in [0.25, 0.3) is 0 Å². The lowest BCUT2D eigenvalue weighted by molar-refractivity contribution is -0.124. The van der Waals surface area contributed by atoms with Gasteiger partial charge in [-0.1, -0.05) is 51.8 Å². The molecule has 0 heterocycles. The fourth-order valence-corrected chi connectivity index (χ4v) is 2.77. The minimum absolute atomic E-state index is 0.0440. The summed E-state index contributed by atoms with van der Waals surface area (Å²) in [6.45, 7) is 8.49. The van der Waals surface area contributed by atoms with Gasteiger partial charge in [-0.25, -0.2) is 0 Å². The molecule has 0 bridgehead atoms. The quantitative estimate of drug-likeness (QED) is 0.608. The maximum absolute atomic E-state index is 12.7. The zero-order chi connectivity index (χ0) is 18.8. The van der Waals surface area contributed by atoms with Crippen molar-refractivity contribution in [3.05, 3.63) is 35.4 Å². The molecule has 1 aromatic rings. The second kappa shape index (κ2) is 10.9. The van der Waals surface area contributed by atoms with Gasteiger partial charge in [-0.2, -0.15) is 0 Å². The van der Waals surface area contributed by atoms with Crippen molar-refractivity contribution < 1.29 is 9.59 Å². The van der Waals surface area contributed by atoms with E-state index in [-0.39, 0.29) is 17.9 Å². The summed E-state index contributed by atoms with van der Waals surface area (Å²) in [4.78, 5) is 25.3. The number of nitrogens with two attached hydrogens (primary N) is 1. The zero-order valence-electron chi connectivity index (χ0n) is 16.0. The van der Waals surface area contributed by atoms with Gasteiger partial charge in [0.25, 0.3) is 5.91 Å². The molecule has 0 radical (unpaired) electrons. The van der Waals surface area contributed by atoms with E-state index in [0.717, 1.165) is 24.8 Å². The third kappa shape index (κ3) is 7.26. The van der Waals surface area contributed by atoms with Crippen LogP contribution in [0.5, 0.6) is 0 Å². The minimum atomic E-state index is -0.553. The van der Waals surface area contributed by atoms with Gasteiger partial charge in [0.15, 0.2) is 0 Å². The first kappa shape index (κ1) is 21.2. The first-order chi connectivity index (χ1) is 11.9. The van der Waals surface area contributed by atoms with E-state index >= 15 is 0 Å². The summed E-state index contributed by atoms with van der Waals surface area (Å²) in [5.41, 5.74) is 7.27. The first-order valence-electron chi connectivity index (χ1n) is 9.25. The molecule has 0 spiro atoms. The molecule has 0 saturated carbocycles. The summed E-state index contributed by atoms with van der Waals surface area (Å²) in [6.07, 6.45) is 3.53. The number of benzene rings is 1. The first-order valence-corrected chi connectivity index (χ1v) is 9.25. The highest BCUT2D eigenvalue weighted by atomic mass is 16.2. The summed E-state index contributed by atoms with van der Waals surface area (Å²) in [5.74, 6) is -0.0705. The van der Waals surface area contributed by atoms with Gasteiger partial charge in [0, 0.05) is 18.2 Å². The molecule has 25 heavy (non-hydrogen) atoms. The summed E-state index contributed by atoms with van der Waals surface area (Å²) in [6, 6.07) is 6.79. The minimum Gasteiger partial charge on any atom is -0.350 e. The SMILES string of the molecule is CCCCC(CN)NC(=O)C(CC(C)C)NC(=O)c1ccccc1C. The number of hydrogen-bond donors (Lipinski definition) is 3. The van der Waals surface area contributed by atoms with Gasteiger partial charge in [0.1, 0.15) is 6.04 Å². The third-order valence-corrected chi connectivity index (χ3v) is 4.26. The van der Waals surface area contributed by atoms with Crippen molar-refractivity contribution in [2.24, 2.45) is 11.7 Å². The van der Waals surface area contributed by atoms with Crippen LogP contribution in [0.2, 0.25) is 0 Å². The molecule has 0 saturated heterocycles. The normalized spacial score (nSPS) is 13.4. The van der Waals surface area contributed by atoms with Crippen molar-refractivity contribution in [2.45, 2.75) is 65.5 Å². The molecule has 0 aliphatic carbocycles. The van der Waals surface area contributed by atoms with Crippen molar-refractivity contribution in [3.63, 3.8) is 0 Å². The second-order valence-electron chi connectivity index (χ2n) is 7.05. The highest BCUT2D eigenvalue weighted by Gasteiger charge is 2.24. The Balaban J connectivity index is 2.80. The molecule has 1 aromatic carbocycles. The maximum Gasteiger partial charge on any atom is 0.252 e. The van der Waals surface area contributed by atoms with E-state index in [9.17, 15) is 9.59 Å². The molecule has 5 nitrogen and oxygen atoms in total. The predicted octanol–water partition coefficient (Wildman–Crippen LogP) is 2.77. The van der Waals surface area contributed by atoms with Crippen LogP contribution >= 0.6 is 0 Å². The van der Waals surface area contributed by atoms with Crippen LogP contribution in [0.15, 0.2) is 24.3 Å². The van der Waals surface area contributed by atoms with Gasteiger partial charge in [0.05, 0.1) is 0 Å². The van der Waals surface area contributed by atoms with Gasteiger partial charge in [0.2, 0.25) is 5.91 Å². The second-order valence-corrected chi connectivity index (χ2v) is 7.05. The van der Waals surface area contributed by atoms with Gasteiger partial charge in [-0.15, -0.1) is 0 Å². The summed E-state index contributed by atoms with van der Waals surface area (Å²) < 4.78 is 0. The lowest BCUT2D eigenvalue weighted by Crippen LogP contribution is -2.51. The molecule has 0 fully saturated rings. The lowest BCUT2D eigenvalue weighted by Gasteiger charge is -2.24. The Bertz CT molecular complexity index is 558. The molecule has 4 N–H and O–H groups in total. The van der Waals surface area contributed by atoms with E-state index in [1.54, 1.807) is 6.07 Å². The number of carbonyl (C=O) groups excluding carboxylic acids is 2. The van der Waals surface area contributed by atoms with Crippen LogP contribution in [0, 0.1) is 12.8 Å². The summed E-state index contributed by atoms with van der Waals surface area (Å²) in [5, 5.41) is 5.90. The highest BCUT2D eigenvalue weighted by Crippen LogP contribution is 2.11. The summed E-state index contributed by atoms with van der Waals surface area (Å²) >= 11 is 0. The standard InChI is InChI=1S/C20H33N3O2/c1-5-6-10-16(13-21)22-20(25)18(12-14(2)3)23-19(24)17-11-8-7-9-15(17)4/h7-9,11,14,16,18H,5-6,10,12-13,21H2,1-4H3,(H,22,25)(H,23,24). The van der Waals surface area contributed by atoms with Crippen LogP contribution in [-0.2, 0) is 4.79 Å². The Morgan fingerprint density at radius 3 is 2.40 bits per heavy atom. The Morgan fingerprint density at radius 1 is 1.16 bits per heavy atom. The smallest absolute Gasteiger partial charge is 0.252 e. The Hall–Kier alpha value is -1.88. The number of carbonyl (C=O) groups is 2. The molecule has 1 rings (SSSR count). The van der Waals surface area contributed by atoms with Gasteiger partial charge >= 0.3 is 0 Å². The van der Waals surface area contributed by atoms with E-state index in [1.165, 1.54) is 0 Å². The van der Waals surface area contributed by atoms with E-state index in [1.807, 2.05) is 39.0 Å². The third-order valence-electron chi connectivity index (χ3n) is 4.26. The summed E-state index contributed by atoms with van der Waals surface area (Å²) in [7, 11) is 0. The fourth-order valence-electron chi connectivity index (χ4n) is 2.77. The van der Waals surface area contributed by atoms with Crippen LogP contribution < -0.4 is 16.4 Å². The number of nitrogens with one attached hydrogen (secondary N) is 2. The van der Waals surface area contributed by atoms with Crippen molar-refractivity contribution in [2.75, 3.05) is 6.54 Å². The number of amides is 2. The van der Waals surface area contributed by atoms with E-state index in [4.69, 9.17) is 5.73 Å². The monoisotopic (exact) mass is 347 g/mol. The number of aryl methyl sites for hydroxylation is 1. The predicted molar refractivity (Wildman–Crippen MR) is 102 cm³/mol. The molecule has 5 heteroatoms. The Morgan fingerprint density at radius 2 is 1.84 bits per heavy atom. The average Bonchev–Trinajstić information content (AvgIpc) is 2.57. The molecule has 2 amide bonds. The van der Waals surface area contributed by atoms with Crippen LogP contribution in [0.4, 0.5) is 0 Å². The Kier molecular flexibility index (Phi) is 9.21. The fraction of sp³-hybridized carbons (Fsp3) is 0.600. The van der Waals surface area contributed by atoms with Gasteiger partial charge in [-0.05, 0) is 37.3 Å². The zero-order valence-corrected chi connectivity index (χ0v) is 16.0. The van der Waals surface area contributed by atoms with E-state index < -0.39 is 6.04 Å². The highest BCUT2D eigenvalue weighted by molar-refractivity contribution is 5.98. The molecule has 0 aromatic heterocycles. The molecular weight excluding hydrogens is 314 g/mol. The van der Waals surface area contributed by atoms with Gasteiger partial charge < -0.3 is 16.4 Å². The van der Waals surface area contributed by atoms with Crippen LogP contribution in [-0.4, -0.2) is 30.4 Å². The Labute approximate surface area is 151 Å². The molecule has 2 unspecified atom stereocenters. The number of unbranched alkanes of at least 4 members (excludes halogenated alkanes) is 1. The molecule has 0 aliphatic rings. The molecular formula is C20H33N3O2. The van der Waals surface area contributed by atoms with E-state index in [0.29, 0.717) is 24.4 Å². The largest absolute Gasteiger partial charge is 0.350 e. The molecule has 0 aliphatic heterocycles. The van der Waals surface area contributed by atoms with Crippen LogP contribution in [0.3, 0.4) is 0 Å². The topological polar surface area (TPSA) is 84.2 Å². The number of rotatable bonds is 10. The van der Waals surface area contributed by atoms with E-state index in [2.05, 4.69) is 17.6 Å². The van der Waals surface area contributed by atoms with Crippen LogP contribution in [0.1, 0.15) is 62.4 Å². The van der Waals surface area contributed by atoms with Crippen molar-refractivity contribution >= 4 is 11.8 Å². The number of hydrogen-bond acceptors (Lipinski definition) is 3. The maximum atomic E-state index is 12.7. The lowest BCUT2D eigenvalue weighted by atomic mass is 10.0. The van der Waals surface area contributed by atoms with Crippen molar-refractivity contribution in [3.8, 4) is 0 Å².